The monoisotopic (exact) mass is 451 g/mol. The topological polar surface area (TPSA) is 87.6 Å². The fourth-order valence-corrected chi connectivity index (χ4v) is 5.07. The van der Waals surface area contributed by atoms with Crippen molar-refractivity contribution in [2.45, 2.75) is 30.7 Å². The maximum Gasteiger partial charge on any atom is 0.258 e. The normalized spacial score (nSPS) is 15.0. The van der Waals surface area contributed by atoms with E-state index < -0.39 is 15.9 Å². The Labute approximate surface area is 180 Å². The molecule has 3 rings (SSSR count). The van der Waals surface area contributed by atoms with Crippen molar-refractivity contribution in [1.29, 1.82) is 0 Å². The summed E-state index contributed by atoms with van der Waals surface area (Å²) in [6.45, 7) is 2.46. The lowest BCUT2D eigenvalue weighted by atomic mass is 10.1. The van der Waals surface area contributed by atoms with E-state index >= 15 is 0 Å². The first-order chi connectivity index (χ1) is 13.8. The van der Waals surface area contributed by atoms with Crippen LogP contribution in [0, 0.1) is 0 Å². The number of aryl methyl sites for hydroxylation is 1. The van der Waals surface area contributed by atoms with Gasteiger partial charge in [-0.2, -0.15) is 0 Å². The zero-order valence-corrected chi connectivity index (χ0v) is 18.3. The van der Waals surface area contributed by atoms with E-state index in [1.807, 2.05) is 37.3 Å². The number of nitrogens with one attached hydrogen (secondary N) is 2. The van der Waals surface area contributed by atoms with Gasteiger partial charge < -0.3 is 5.32 Å². The van der Waals surface area contributed by atoms with Crippen molar-refractivity contribution in [2.24, 2.45) is 4.99 Å². The molecule has 0 aromatic heterocycles. The fourth-order valence-electron chi connectivity index (χ4n) is 2.84. The van der Waals surface area contributed by atoms with Gasteiger partial charge in [0.25, 0.3) is 5.91 Å². The third kappa shape index (κ3) is 6.05. The van der Waals surface area contributed by atoms with Crippen LogP contribution in [-0.4, -0.2) is 37.8 Å². The van der Waals surface area contributed by atoms with Crippen LogP contribution in [0.5, 0.6) is 0 Å². The van der Waals surface area contributed by atoms with Crippen LogP contribution in [0.25, 0.3) is 0 Å². The van der Waals surface area contributed by atoms with Crippen molar-refractivity contribution in [3.05, 3.63) is 64.7 Å². The van der Waals surface area contributed by atoms with Crippen LogP contribution in [0.15, 0.2) is 58.4 Å². The summed E-state index contributed by atoms with van der Waals surface area (Å²) in [5, 5.41) is 3.37. The molecule has 154 valence electrons. The molecule has 1 aliphatic heterocycles. The molecule has 0 saturated heterocycles. The van der Waals surface area contributed by atoms with Crippen molar-refractivity contribution in [3.8, 4) is 0 Å². The van der Waals surface area contributed by atoms with Crippen LogP contribution in [0.4, 0.5) is 0 Å². The van der Waals surface area contributed by atoms with Gasteiger partial charge in [0.05, 0.1) is 22.0 Å². The molecule has 9 heteroatoms. The van der Waals surface area contributed by atoms with Gasteiger partial charge >= 0.3 is 0 Å². The largest absolute Gasteiger partial charge is 0.301 e. The lowest BCUT2D eigenvalue weighted by Crippen LogP contribution is -2.33. The average molecular weight is 452 g/mol. The first-order valence-corrected chi connectivity index (χ1v) is 12.0. The van der Waals surface area contributed by atoms with Crippen molar-refractivity contribution in [2.75, 3.05) is 12.3 Å². The molecule has 0 bridgehead atoms. The average Bonchev–Trinajstić information content (AvgIpc) is 3.20. The molecule has 2 aromatic carbocycles. The van der Waals surface area contributed by atoms with E-state index in [4.69, 9.17) is 11.6 Å². The third-order valence-electron chi connectivity index (χ3n) is 4.36. The van der Waals surface area contributed by atoms with E-state index in [0.717, 1.165) is 17.7 Å². The SMILES string of the molecule is CC(CCc1ccccc1)NS(=O)(=O)c1ccc(Cl)c(C(=O)NC2=NCCS2)c1. The molecule has 0 fully saturated rings. The molecule has 1 aliphatic rings. The maximum atomic E-state index is 12.8. The summed E-state index contributed by atoms with van der Waals surface area (Å²) in [6, 6.07) is 13.7. The van der Waals surface area contributed by atoms with Gasteiger partial charge in [-0.25, -0.2) is 13.1 Å². The summed E-state index contributed by atoms with van der Waals surface area (Å²) >= 11 is 7.56. The van der Waals surface area contributed by atoms with Gasteiger partial charge in [0.2, 0.25) is 10.0 Å². The quantitative estimate of drug-likeness (QED) is 0.674. The minimum Gasteiger partial charge on any atom is -0.301 e. The van der Waals surface area contributed by atoms with Gasteiger partial charge in [-0.05, 0) is 43.5 Å². The standard InChI is InChI=1S/C20H22ClN3O3S2/c1-14(7-8-15-5-3-2-4-6-15)24-29(26,27)16-9-10-18(21)17(13-16)19(25)23-20-22-11-12-28-20/h2-6,9-10,13-14,24H,7-8,11-12H2,1H3,(H,22,23,25). The molecule has 29 heavy (non-hydrogen) atoms. The highest BCUT2D eigenvalue weighted by molar-refractivity contribution is 8.14. The Bertz CT molecular complexity index is 1010. The Balaban J connectivity index is 1.68. The Morgan fingerprint density at radius 3 is 2.69 bits per heavy atom. The van der Waals surface area contributed by atoms with E-state index in [-0.39, 0.29) is 21.5 Å². The van der Waals surface area contributed by atoms with Gasteiger partial charge in [0.1, 0.15) is 0 Å². The smallest absolute Gasteiger partial charge is 0.258 e. The number of rotatable bonds is 7. The second-order valence-corrected chi connectivity index (χ2v) is 9.88. The number of nitrogens with zero attached hydrogens (tertiary/aromatic N) is 1. The molecule has 1 amide bonds. The summed E-state index contributed by atoms with van der Waals surface area (Å²) in [7, 11) is -3.79. The molecular weight excluding hydrogens is 430 g/mol. The number of amidine groups is 1. The van der Waals surface area contributed by atoms with Crippen molar-refractivity contribution >= 4 is 44.5 Å². The molecule has 2 aromatic rings. The number of hydrogen-bond acceptors (Lipinski definition) is 5. The predicted octanol–water partition coefficient (Wildman–Crippen LogP) is 3.47. The summed E-state index contributed by atoms with van der Waals surface area (Å²) in [4.78, 5) is 16.6. The van der Waals surface area contributed by atoms with E-state index in [1.165, 1.54) is 30.0 Å². The summed E-state index contributed by atoms with van der Waals surface area (Å²) in [6.07, 6.45) is 1.42. The molecule has 0 aliphatic carbocycles. The van der Waals surface area contributed by atoms with Gasteiger partial charge in [-0.15, -0.1) is 0 Å². The maximum absolute atomic E-state index is 12.8. The fraction of sp³-hybridized carbons (Fsp3) is 0.300. The highest BCUT2D eigenvalue weighted by Gasteiger charge is 2.22. The molecule has 1 unspecified atom stereocenters. The van der Waals surface area contributed by atoms with Crippen molar-refractivity contribution in [1.82, 2.24) is 10.0 Å². The van der Waals surface area contributed by atoms with Crippen molar-refractivity contribution < 1.29 is 13.2 Å². The van der Waals surface area contributed by atoms with Crippen LogP contribution in [0.2, 0.25) is 5.02 Å². The number of halogens is 1. The van der Waals surface area contributed by atoms with Gasteiger partial charge in [-0.1, -0.05) is 53.7 Å². The zero-order valence-electron chi connectivity index (χ0n) is 15.9. The number of hydrogen-bond donors (Lipinski definition) is 2. The zero-order chi connectivity index (χ0) is 20.9. The number of aliphatic imine (C=N–C) groups is 1. The second kappa shape index (κ2) is 9.75. The van der Waals surface area contributed by atoms with E-state index in [9.17, 15) is 13.2 Å². The molecule has 0 saturated carbocycles. The minimum atomic E-state index is -3.79. The van der Waals surface area contributed by atoms with Crippen LogP contribution in [-0.2, 0) is 16.4 Å². The lowest BCUT2D eigenvalue weighted by Gasteiger charge is -2.15. The number of amides is 1. The van der Waals surface area contributed by atoms with Crippen LogP contribution >= 0.6 is 23.4 Å². The van der Waals surface area contributed by atoms with Gasteiger partial charge in [-0.3, -0.25) is 9.79 Å². The lowest BCUT2D eigenvalue weighted by molar-refractivity contribution is 0.0978. The van der Waals surface area contributed by atoms with Crippen molar-refractivity contribution in [3.63, 3.8) is 0 Å². The highest BCUT2D eigenvalue weighted by atomic mass is 35.5. The van der Waals surface area contributed by atoms with Gasteiger partial charge in [0.15, 0.2) is 5.17 Å². The van der Waals surface area contributed by atoms with Crippen LogP contribution < -0.4 is 10.0 Å². The summed E-state index contributed by atoms with van der Waals surface area (Å²) < 4.78 is 28.2. The molecule has 2 N–H and O–H groups in total. The Morgan fingerprint density at radius 1 is 1.24 bits per heavy atom. The molecular formula is C20H22ClN3O3S2. The highest BCUT2D eigenvalue weighted by Crippen LogP contribution is 2.22. The first-order valence-electron chi connectivity index (χ1n) is 9.19. The molecule has 0 radical (unpaired) electrons. The number of carbonyl (C=O) groups excluding carboxylic acids is 1. The predicted molar refractivity (Wildman–Crippen MR) is 118 cm³/mol. The van der Waals surface area contributed by atoms with Gasteiger partial charge in [0, 0.05) is 11.8 Å². The number of carbonyl (C=O) groups is 1. The van der Waals surface area contributed by atoms with E-state index in [1.54, 1.807) is 0 Å². The van der Waals surface area contributed by atoms with E-state index in [0.29, 0.717) is 18.1 Å². The van der Waals surface area contributed by atoms with E-state index in [2.05, 4.69) is 15.0 Å². The van der Waals surface area contributed by atoms with Crippen LogP contribution in [0.3, 0.4) is 0 Å². The number of sulfonamides is 1. The number of thioether (sulfide) groups is 1. The molecule has 1 heterocycles. The molecule has 0 spiro atoms. The summed E-state index contributed by atoms with van der Waals surface area (Å²) in [5.41, 5.74) is 1.25. The number of benzene rings is 2. The molecule has 1 atom stereocenters. The molecule has 6 nitrogen and oxygen atoms in total. The Kier molecular flexibility index (Phi) is 7.34. The second-order valence-electron chi connectivity index (χ2n) is 6.68. The minimum absolute atomic E-state index is 0.000347. The first kappa shape index (κ1) is 21.8. The third-order valence-corrected chi connectivity index (χ3v) is 7.17. The Morgan fingerprint density at radius 2 is 2.00 bits per heavy atom. The Hall–Kier alpha value is -1.87. The van der Waals surface area contributed by atoms with Crippen LogP contribution in [0.1, 0.15) is 29.3 Å². The summed E-state index contributed by atoms with van der Waals surface area (Å²) in [5.74, 6) is 0.333.